The number of sulfone groups is 1. The summed E-state index contributed by atoms with van der Waals surface area (Å²) in [6.45, 7) is 0. The van der Waals surface area contributed by atoms with E-state index in [1.807, 2.05) is 0 Å². The highest BCUT2D eigenvalue weighted by Crippen LogP contribution is 2.23. The lowest BCUT2D eigenvalue weighted by Gasteiger charge is -2.09. The fourth-order valence-electron chi connectivity index (χ4n) is 2.11. The minimum Gasteiger partial charge on any atom is -0.323 e. The molecule has 1 aliphatic heterocycles. The predicted molar refractivity (Wildman–Crippen MR) is 66.3 cm³/mol. The van der Waals surface area contributed by atoms with Crippen LogP contribution in [0.3, 0.4) is 0 Å². The Bertz CT molecular complexity index is 646. The average molecular weight is 307 g/mol. The van der Waals surface area contributed by atoms with Crippen LogP contribution in [0.5, 0.6) is 0 Å². The number of hydrogen-bond acceptors (Lipinski definition) is 3. The smallest absolute Gasteiger partial charge is 0.224 e. The van der Waals surface area contributed by atoms with Crippen LogP contribution in [0.15, 0.2) is 12.1 Å². The highest BCUT2D eigenvalue weighted by atomic mass is 32.2. The predicted octanol–water partition coefficient (Wildman–Crippen LogP) is 1.87. The molecule has 20 heavy (non-hydrogen) atoms. The maximum atomic E-state index is 13.3. The summed E-state index contributed by atoms with van der Waals surface area (Å²) in [4.78, 5) is 11.6. The van der Waals surface area contributed by atoms with Gasteiger partial charge in [0.1, 0.15) is 5.82 Å². The number of amides is 1. The fraction of sp³-hybridized carbons (Fsp3) is 0.417. The minimum absolute atomic E-state index is 0.0322. The zero-order valence-electron chi connectivity index (χ0n) is 10.3. The molecule has 2 rings (SSSR count). The molecule has 1 aromatic rings. The first kappa shape index (κ1) is 14.8. The second kappa shape index (κ2) is 5.43. The zero-order valence-corrected chi connectivity index (χ0v) is 11.1. The van der Waals surface area contributed by atoms with Crippen LogP contribution in [0.2, 0.25) is 0 Å². The van der Waals surface area contributed by atoms with Crippen LogP contribution in [0.25, 0.3) is 0 Å². The molecule has 0 radical (unpaired) electrons. The second-order valence-corrected chi connectivity index (χ2v) is 7.00. The third kappa shape index (κ3) is 3.50. The lowest BCUT2D eigenvalue weighted by Crippen LogP contribution is -2.18. The number of nitrogens with one attached hydrogen (secondary N) is 1. The van der Waals surface area contributed by atoms with E-state index in [1.165, 1.54) is 0 Å². The largest absolute Gasteiger partial charge is 0.323 e. The molecule has 1 aliphatic rings. The molecule has 1 aromatic carbocycles. The van der Waals surface area contributed by atoms with E-state index < -0.39 is 38.9 Å². The molecule has 0 unspecified atom stereocenters. The van der Waals surface area contributed by atoms with Crippen LogP contribution in [-0.2, 0) is 14.6 Å². The molecule has 0 spiro atoms. The van der Waals surface area contributed by atoms with Crippen molar-refractivity contribution in [1.29, 1.82) is 0 Å². The molecule has 1 heterocycles. The number of anilines is 1. The Kier molecular flexibility index (Phi) is 4.03. The Hall–Kier alpha value is -1.57. The molecule has 110 valence electrons. The first-order valence-corrected chi connectivity index (χ1v) is 7.74. The lowest BCUT2D eigenvalue weighted by molar-refractivity contribution is -0.116. The van der Waals surface area contributed by atoms with E-state index >= 15 is 0 Å². The van der Waals surface area contributed by atoms with Crippen LogP contribution in [0.4, 0.5) is 18.9 Å². The number of benzene rings is 1. The van der Waals surface area contributed by atoms with Gasteiger partial charge in [0.15, 0.2) is 21.5 Å². The van der Waals surface area contributed by atoms with Gasteiger partial charge in [0.05, 0.1) is 17.2 Å². The summed E-state index contributed by atoms with van der Waals surface area (Å²) < 4.78 is 61.4. The second-order valence-electron chi connectivity index (χ2n) is 4.77. The summed E-state index contributed by atoms with van der Waals surface area (Å²) in [5, 5.41) is 2.12. The van der Waals surface area contributed by atoms with Gasteiger partial charge >= 0.3 is 0 Å². The maximum Gasteiger partial charge on any atom is 0.224 e. The molecule has 0 bridgehead atoms. The average Bonchev–Trinajstić information content (AvgIpc) is 2.65. The number of carbonyl (C=O) groups is 1. The van der Waals surface area contributed by atoms with Gasteiger partial charge < -0.3 is 5.32 Å². The first-order valence-electron chi connectivity index (χ1n) is 5.91. The standard InChI is InChI=1S/C12H12F3NO3S/c13-8-4-10(15)11(5-9(8)14)16-12(17)3-7-1-2-20(18,19)6-7/h4-5,7H,1-3,6H2,(H,16,17)/t7-/m0/s1. The van der Waals surface area contributed by atoms with Crippen LogP contribution in [-0.4, -0.2) is 25.8 Å². The van der Waals surface area contributed by atoms with Gasteiger partial charge in [-0.25, -0.2) is 21.6 Å². The van der Waals surface area contributed by atoms with Gasteiger partial charge in [-0.05, 0) is 12.3 Å². The maximum absolute atomic E-state index is 13.3. The minimum atomic E-state index is -3.10. The van der Waals surface area contributed by atoms with E-state index in [0.717, 1.165) is 0 Å². The van der Waals surface area contributed by atoms with Crippen molar-refractivity contribution < 1.29 is 26.4 Å². The van der Waals surface area contributed by atoms with E-state index in [-0.39, 0.29) is 23.8 Å². The molecular weight excluding hydrogens is 295 g/mol. The Balaban J connectivity index is 2.00. The third-order valence-corrected chi connectivity index (χ3v) is 4.92. The molecular formula is C12H12F3NO3S. The molecule has 0 saturated carbocycles. The van der Waals surface area contributed by atoms with Crippen LogP contribution in [0.1, 0.15) is 12.8 Å². The summed E-state index contributed by atoms with van der Waals surface area (Å²) in [7, 11) is -3.10. The van der Waals surface area contributed by atoms with Crippen molar-refractivity contribution in [2.45, 2.75) is 12.8 Å². The van der Waals surface area contributed by atoms with Gasteiger partial charge in [0.25, 0.3) is 0 Å². The highest BCUT2D eigenvalue weighted by molar-refractivity contribution is 7.91. The normalized spacial score (nSPS) is 20.9. The summed E-state index contributed by atoms with van der Waals surface area (Å²) in [6, 6.07) is 0.888. The summed E-state index contributed by atoms with van der Waals surface area (Å²) >= 11 is 0. The Morgan fingerprint density at radius 1 is 1.20 bits per heavy atom. The van der Waals surface area contributed by atoms with Gasteiger partial charge in [0, 0.05) is 18.6 Å². The quantitative estimate of drug-likeness (QED) is 0.867. The van der Waals surface area contributed by atoms with Gasteiger partial charge in [-0.1, -0.05) is 0 Å². The first-order chi connectivity index (χ1) is 9.27. The molecule has 8 heteroatoms. The van der Waals surface area contributed by atoms with E-state index in [1.54, 1.807) is 0 Å². The summed E-state index contributed by atoms with van der Waals surface area (Å²) in [5.41, 5.74) is -0.463. The van der Waals surface area contributed by atoms with E-state index in [9.17, 15) is 26.4 Å². The molecule has 1 atom stereocenters. The number of carbonyl (C=O) groups excluding carboxylic acids is 1. The van der Waals surface area contributed by atoms with Crippen molar-refractivity contribution in [2.75, 3.05) is 16.8 Å². The van der Waals surface area contributed by atoms with Crippen molar-refractivity contribution in [2.24, 2.45) is 5.92 Å². The van der Waals surface area contributed by atoms with Crippen LogP contribution < -0.4 is 5.32 Å². The number of hydrogen-bond donors (Lipinski definition) is 1. The van der Waals surface area contributed by atoms with Gasteiger partial charge in [-0.2, -0.15) is 0 Å². The van der Waals surface area contributed by atoms with E-state index in [2.05, 4.69) is 5.32 Å². The molecule has 1 N–H and O–H groups in total. The molecule has 1 fully saturated rings. The van der Waals surface area contributed by atoms with E-state index in [4.69, 9.17) is 0 Å². The molecule has 0 aliphatic carbocycles. The number of rotatable bonds is 3. The third-order valence-electron chi connectivity index (χ3n) is 3.08. The van der Waals surface area contributed by atoms with Gasteiger partial charge in [0.2, 0.25) is 5.91 Å². The SMILES string of the molecule is O=C(C[C@@H]1CCS(=O)(=O)C1)Nc1cc(F)c(F)cc1F. The van der Waals surface area contributed by atoms with Crippen molar-refractivity contribution >= 4 is 21.4 Å². The molecule has 0 aromatic heterocycles. The Morgan fingerprint density at radius 3 is 2.45 bits per heavy atom. The summed E-state index contributed by atoms with van der Waals surface area (Å²) in [5.74, 6) is -4.71. The lowest BCUT2D eigenvalue weighted by atomic mass is 10.0. The van der Waals surface area contributed by atoms with Crippen LogP contribution in [0, 0.1) is 23.4 Å². The fourth-order valence-corrected chi connectivity index (χ4v) is 3.98. The molecule has 1 saturated heterocycles. The number of halogens is 3. The topological polar surface area (TPSA) is 63.2 Å². The van der Waals surface area contributed by atoms with Crippen molar-refractivity contribution in [1.82, 2.24) is 0 Å². The van der Waals surface area contributed by atoms with Crippen LogP contribution >= 0.6 is 0 Å². The zero-order chi connectivity index (χ0) is 14.9. The Morgan fingerprint density at radius 2 is 1.85 bits per heavy atom. The van der Waals surface area contributed by atoms with Crippen molar-refractivity contribution in [3.63, 3.8) is 0 Å². The molecule has 4 nitrogen and oxygen atoms in total. The van der Waals surface area contributed by atoms with Crippen molar-refractivity contribution in [3.05, 3.63) is 29.6 Å². The molecule has 1 amide bonds. The van der Waals surface area contributed by atoms with Gasteiger partial charge in [-0.3, -0.25) is 4.79 Å². The monoisotopic (exact) mass is 307 g/mol. The Labute approximate surface area is 113 Å². The highest BCUT2D eigenvalue weighted by Gasteiger charge is 2.29. The van der Waals surface area contributed by atoms with Gasteiger partial charge in [-0.15, -0.1) is 0 Å². The van der Waals surface area contributed by atoms with E-state index in [0.29, 0.717) is 18.6 Å². The summed E-state index contributed by atoms with van der Waals surface area (Å²) in [6.07, 6.45) is 0.272. The van der Waals surface area contributed by atoms with Crippen molar-refractivity contribution in [3.8, 4) is 0 Å².